The number of likely N-dealkylation sites (N-methyl/N-ethyl adjacent to an activating group) is 1. The van der Waals surface area contributed by atoms with Crippen LogP contribution in [-0.4, -0.2) is 99.8 Å². The first-order valence-corrected chi connectivity index (χ1v) is 19.0. The van der Waals surface area contributed by atoms with Crippen LogP contribution in [-0.2, 0) is 23.8 Å². The number of methoxy groups -OCH3 is 2. The number of rotatable bonds is 16. The second kappa shape index (κ2) is 24.1. The van der Waals surface area contributed by atoms with E-state index in [4.69, 9.17) is 14.2 Å². The molecule has 0 radical (unpaired) electrons. The van der Waals surface area contributed by atoms with E-state index in [1.165, 1.54) is 32.1 Å². The van der Waals surface area contributed by atoms with Gasteiger partial charge in [0.15, 0.2) is 6.29 Å². The van der Waals surface area contributed by atoms with Crippen LogP contribution in [0.2, 0.25) is 0 Å². The largest absolute Gasteiger partial charge is 0.444 e. The third-order valence-corrected chi connectivity index (χ3v) is 9.70. The van der Waals surface area contributed by atoms with Gasteiger partial charge in [0.2, 0.25) is 5.91 Å². The number of aromatic amines is 1. The normalized spacial score (nSPS) is 19.0. The first kappa shape index (κ1) is 44.8. The third-order valence-electron chi connectivity index (χ3n) is 9.70. The summed E-state index contributed by atoms with van der Waals surface area (Å²) < 4.78 is 27.4. The summed E-state index contributed by atoms with van der Waals surface area (Å²) in [5.74, 6) is 1.29. The first-order valence-electron chi connectivity index (χ1n) is 19.0. The molecule has 2 amide bonds. The van der Waals surface area contributed by atoms with Crippen molar-refractivity contribution in [1.29, 1.82) is 0 Å². The van der Waals surface area contributed by atoms with Crippen LogP contribution in [0.25, 0.3) is 10.9 Å². The molecule has 4 atom stereocenters. The van der Waals surface area contributed by atoms with Crippen LogP contribution in [0.4, 0.5) is 14.9 Å². The summed E-state index contributed by atoms with van der Waals surface area (Å²) in [6.07, 6.45) is 12.5. The van der Waals surface area contributed by atoms with E-state index < -0.39 is 24.4 Å². The van der Waals surface area contributed by atoms with Gasteiger partial charge in [-0.2, -0.15) is 0 Å². The fraction of sp³-hybridized carbons (Fsp3) is 0.700. The van der Waals surface area contributed by atoms with Crippen LogP contribution in [0, 0.1) is 17.8 Å². The second-order valence-corrected chi connectivity index (χ2v) is 15.0. The average Bonchev–Trinajstić information content (AvgIpc) is 3.73. The van der Waals surface area contributed by atoms with Crippen molar-refractivity contribution < 1.29 is 37.8 Å². The predicted octanol–water partition coefficient (Wildman–Crippen LogP) is 7.73. The summed E-state index contributed by atoms with van der Waals surface area (Å²) in [5, 5.41) is 6.57. The Morgan fingerprint density at radius 3 is 2.29 bits per heavy atom. The van der Waals surface area contributed by atoms with Crippen LogP contribution in [0.15, 0.2) is 24.3 Å². The number of halogens is 1. The zero-order valence-corrected chi connectivity index (χ0v) is 32.6. The topological polar surface area (TPSA) is 139 Å². The van der Waals surface area contributed by atoms with Gasteiger partial charge in [-0.1, -0.05) is 45.4 Å². The maximum Gasteiger partial charge on any atom is 0.407 e. The molecule has 12 heteroatoms. The van der Waals surface area contributed by atoms with Gasteiger partial charge < -0.3 is 34.6 Å². The maximum absolute atomic E-state index is 13.1. The minimum Gasteiger partial charge on any atom is -0.444 e. The molecule has 2 aromatic rings. The number of carbonyl (C=O) groups excluding carboxylic acids is 4. The lowest BCUT2D eigenvalue weighted by atomic mass is 9.76. The Morgan fingerprint density at radius 1 is 1.02 bits per heavy atom. The van der Waals surface area contributed by atoms with Crippen molar-refractivity contribution in [3.8, 4) is 0 Å². The Kier molecular flexibility index (Phi) is 20.7. The number of anilines is 1. The third kappa shape index (κ3) is 16.1. The smallest absolute Gasteiger partial charge is 0.407 e. The molecule has 0 bridgehead atoms. The zero-order valence-electron chi connectivity index (χ0n) is 32.6. The maximum atomic E-state index is 13.1. The van der Waals surface area contributed by atoms with E-state index in [9.17, 15) is 23.6 Å². The second-order valence-electron chi connectivity index (χ2n) is 15.0. The molecule has 4 rings (SSSR count). The van der Waals surface area contributed by atoms with Gasteiger partial charge in [0.25, 0.3) is 0 Å². The number of hydrogen-bond donors (Lipinski definition) is 3. The summed E-state index contributed by atoms with van der Waals surface area (Å²) in [6.45, 7) is 9.19. The fourth-order valence-corrected chi connectivity index (χ4v) is 6.94. The molecule has 294 valence electrons. The summed E-state index contributed by atoms with van der Waals surface area (Å²) >= 11 is 0. The van der Waals surface area contributed by atoms with Crippen LogP contribution in [0.3, 0.4) is 0 Å². The molecule has 11 nitrogen and oxygen atoms in total. The van der Waals surface area contributed by atoms with Gasteiger partial charge in [0.05, 0.1) is 17.8 Å². The zero-order chi connectivity index (χ0) is 38.5. The quantitative estimate of drug-likeness (QED) is 0.118. The number of alkyl carbamates (subject to hydrolysis) is 1. The Bertz CT molecular complexity index is 1340. The summed E-state index contributed by atoms with van der Waals surface area (Å²) in [5.41, 5.74) is 1.66. The van der Waals surface area contributed by atoms with E-state index in [-0.39, 0.29) is 17.9 Å². The number of amides is 2. The molecule has 4 unspecified atom stereocenters. The number of ether oxygens (including phenoxy) is 3. The Labute approximate surface area is 310 Å². The minimum atomic E-state index is -0.628. The molecule has 2 heterocycles. The summed E-state index contributed by atoms with van der Waals surface area (Å²) in [6, 6.07) is 6.97. The van der Waals surface area contributed by atoms with E-state index >= 15 is 0 Å². The monoisotopic (exact) mass is 732 g/mol. The van der Waals surface area contributed by atoms with Gasteiger partial charge in [0, 0.05) is 49.9 Å². The van der Waals surface area contributed by atoms with Crippen LogP contribution in [0.1, 0.15) is 109 Å². The molecule has 1 saturated heterocycles. The van der Waals surface area contributed by atoms with E-state index in [1.54, 1.807) is 35.0 Å². The van der Waals surface area contributed by atoms with Crippen LogP contribution >= 0.6 is 0 Å². The van der Waals surface area contributed by atoms with Gasteiger partial charge in [-0.15, -0.1) is 0 Å². The van der Waals surface area contributed by atoms with Gasteiger partial charge >= 0.3 is 6.09 Å². The first-order chi connectivity index (χ1) is 24.9. The number of hydrogen-bond acceptors (Lipinski definition) is 8. The number of likely N-dealkylation sites (tertiary alicyclic amines) is 1. The number of H-pyrrole nitrogens is 1. The van der Waals surface area contributed by atoms with Gasteiger partial charge in [0.1, 0.15) is 18.6 Å². The van der Waals surface area contributed by atoms with Crippen molar-refractivity contribution in [2.45, 2.75) is 116 Å². The lowest BCUT2D eigenvalue weighted by molar-refractivity contribution is -0.121. The number of benzene rings is 1. The molecule has 2 aliphatic rings. The van der Waals surface area contributed by atoms with E-state index in [0.717, 1.165) is 74.6 Å². The van der Waals surface area contributed by atoms with E-state index in [1.807, 2.05) is 31.2 Å². The number of carbonyl (C=O) groups is 4. The molecule has 0 spiro atoms. The summed E-state index contributed by atoms with van der Waals surface area (Å²) in [7, 11) is 5.45. The summed E-state index contributed by atoms with van der Waals surface area (Å²) in [4.78, 5) is 51.4. The number of aromatic nitrogens is 1. The van der Waals surface area contributed by atoms with Crippen LogP contribution < -0.4 is 10.6 Å². The highest BCUT2D eigenvalue weighted by Gasteiger charge is 2.41. The molecule has 1 aliphatic carbocycles. The number of alkyl halides is 1. The molecule has 1 saturated carbocycles. The predicted molar refractivity (Wildman–Crippen MR) is 205 cm³/mol. The standard InChI is InChI=1S/C21H27N3O2.C14H26FNO3.C5H12O2/c1-24-10-9-18(14-5-3-2-4-6-14)20(24)21(26)23-16-7-8-19-15(11-16)12-17(13-25)22-19;1-5-11(10-17)7-6-8-12(9-15)16-13(18)19-14(2,3)4;1-6-4-3-5-7-2/h7-8,11-14,18,20,22H,2-6,9-10H2,1H3,(H,23,26);10-12H,5-9H2,1-4H3,(H,16,18);3-5H2,1-2H3. The van der Waals surface area contributed by atoms with Gasteiger partial charge in [-0.3, -0.25) is 14.5 Å². The molecule has 3 N–H and O–H groups in total. The van der Waals surface area contributed by atoms with Gasteiger partial charge in [-0.25, -0.2) is 9.18 Å². The van der Waals surface area contributed by atoms with Crippen molar-refractivity contribution in [2.24, 2.45) is 17.8 Å². The minimum absolute atomic E-state index is 0.0294. The van der Waals surface area contributed by atoms with E-state index in [0.29, 0.717) is 30.4 Å². The van der Waals surface area contributed by atoms with Crippen LogP contribution in [0.5, 0.6) is 0 Å². The van der Waals surface area contributed by atoms with Crippen molar-refractivity contribution in [1.82, 2.24) is 15.2 Å². The molecule has 1 aromatic heterocycles. The fourth-order valence-electron chi connectivity index (χ4n) is 6.94. The molecular formula is C40H65FN4O7. The van der Waals surface area contributed by atoms with Crippen molar-refractivity contribution in [3.05, 3.63) is 30.0 Å². The molecule has 1 aromatic carbocycles. The van der Waals surface area contributed by atoms with E-state index in [2.05, 4.69) is 27.6 Å². The lowest BCUT2D eigenvalue weighted by Gasteiger charge is -2.32. The molecule has 52 heavy (non-hydrogen) atoms. The number of fused-ring (bicyclic) bond motifs is 1. The molecule has 1 aliphatic heterocycles. The van der Waals surface area contributed by atoms with Crippen molar-refractivity contribution in [2.75, 3.05) is 53.0 Å². The number of aldehydes is 2. The average molecular weight is 733 g/mol. The molecule has 2 fully saturated rings. The van der Waals surface area contributed by atoms with Crippen molar-refractivity contribution in [3.63, 3.8) is 0 Å². The van der Waals surface area contributed by atoms with Gasteiger partial charge in [-0.05, 0) is 103 Å². The lowest BCUT2D eigenvalue weighted by Crippen LogP contribution is -2.43. The Hall–Kier alpha value is -3.35. The highest BCUT2D eigenvalue weighted by Crippen LogP contribution is 2.38. The van der Waals surface area contributed by atoms with Crippen molar-refractivity contribution >= 4 is 41.2 Å². The number of nitrogens with one attached hydrogen (secondary N) is 3. The molecular weight excluding hydrogens is 667 g/mol. The SMILES string of the molecule is CCC(C=O)CCCC(CF)NC(=O)OC(C)(C)C.CN1CCC(C2CCCCC2)C1C(=O)Nc1ccc2[nH]c(C=O)cc2c1.COCCCOC. The highest BCUT2D eigenvalue weighted by molar-refractivity contribution is 5.98. The highest BCUT2D eigenvalue weighted by atomic mass is 19.1. The Balaban J connectivity index is 0.000000317. The number of nitrogens with zero attached hydrogens (tertiary/aromatic N) is 1. The Morgan fingerprint density at radius 2 is 1.71 bits per heavy atom.